The Morgan fingerprint density at radius 3 is 2.93 bits per heavy atom. The Morgan fingerprint density at radius 1 is 1.60 bits per heavy atom. The van der Waals surface area contributed by atoms with Crippen molar-refractivity contribution in [3.05, 3.63) is 11.5 Å². The van der Waals surface area contributed by atoms with E-state index in [0.29, 0.717) is 19.6 Å². The number of halogens is 1. The molecule has 5 nitrogen and oxygen atoms in total. The Bertz CT molecular complexity index is 315. The fourth-order valence-corrected chi connectivity index (χ4v) is 1.24. The third-order valence-electron chi connectivity index (χ3n) is 2.00. The number of aliphatic hydroxyl groups is 1. The minimum atomic E-state index is -0.511. The molecule has 6 heteroatoms. The molecule has 86 valence electrons. The van der Waals surface area contributed by atoms with Crippen molar-refractivity contribution in [2.75, 3.05) is 25.6 Å². The number of ether oxygens (including phenoxy) is 1. The summed E-state index contributed by atoms with van der Waals surface area (Å²) in [6, 6.07) is 0. The number of hydrogen-bond donors (Lipinski definition) is 2. The van der Waals surface area contributed by atoms with Gasteiger partial charge in [-0.3, -0.25) is 0 Å². The largest absolute Gasteiger partial charge is 0.394 e. The summed E-state index contributed by atoms with van der Waals surface area (Å²) in [5.41, 5.74) is 5.75. The van der Waals surface area contributed by atoms with Crippen LogP contribution >= 0.6 is 0 Å². The molecule has 0 radical (unpaired) electrons. The van der Waals surface area contributed by atoms with Crippen molar-refractivity contribution in [3.8, 4) is 0 Å². The molecule has 1 aromatic heterocycles. The maximum Gasteiger partial charge on any atom is 0.188 e. The van der Waals surface area contributed by atoms with Gasteiger partial charge >= 0.3 is 0 Å². The van der Waals surface area contributed by atoms with Crippen LogP contribution in [0.4, 0.5) is 10.2 Å². The Hall–Kier alpha value is -1.14. The van der Waals surface area contributed by atoms with Gasteiger partial charge in [0.15, 0.2) is 11.6 Å². The molecule has 1 heterocycles. The molecule has 0 saturated carbocycles. The van der Waals surface area contributed by atoms with Crippen LogP contribution in [0, 0.1) is 5.82 Å². The first-order chi connectivity index (χ1) is 7.20. The molecule has 0 saturated heterocycles. The molecular formula is C9H16FN3O2. The molecule has 1 aromatic rings. The molecule has 0 aliphatic heterocycles. The molecule has 0 unspecified atom stereocenters. The maximum absolute atomic E-state index is 13.4. The van der Waals surface area contributed by atoms with Crippen LogP contribution in [0.3, 0.4) is 0 Å². The summed E-state index contributed by atoms with van der Waals surface area (Å²) < 4.78 is 19.8. The van der Waals surface area contributed by atoms with Crippen molar-refractivity contribution in [1.82, 2.24) is 9.78 Å². The highest BCUT2D eigenvalue weighted by Gasteiger charge is 2.14. The predicted molar refractivity (Wildman–Crippen MR) is 53.9 cm³/mol. The van der Waals surface area contributed by atoms with Crippen LogP contribution in [0.5, 0.6) is 0 Å². The zero-order valence-electron chi connectivity index (χ0n) is 8.74. The first kappa shape index (κ1) is 11.9. The second-order valence-corrected chi connectivity index (χ2v) is 3.04. The molecule has 0 aliphatic rings. The fraction of sp³-hybridized carbons (Fsp3) is 0.667. The third-order valence-corrected chi connectivity index (χ3v) is 2.00. The third kappa shape index (κ3) is 2.90. The summed E-state index contributed by atoms with van der Waals surface area (Å²) in [4.78, 5) is 0. The summed E-state index contributed by atoms with van der Waals surface area (Å²) in [5.74, 6) is -0.543. The molecule has 0 atom stereocenters. The molecule has 15 heavy (non-hydrogen) atoms. The maximum atomic E-state index is 13.4. The molecule has 1 rings (SSSR count). The summed E-state index contributed by atoms with van der Waals surface area (Å²) in [7, 11) is 0. The molecule has 0 fully saturated rings. The van der Waals surface area contributed by atoms with E-state index in [2.05, 4.69) is 5.10 Å². The fourth-order valence-electron chi connectivity index (χ4n) is 1.24. The van der Waals surface area contributed by atoms with Gasteiger partial charge in [-0.2, -0.15) is 5.10 Å². The van der Waals surface area contributed by atoms with Gasteiger partial charge in [0.1, 0.15) is 5.69 Å². The van der Waals surface area contributed by atoms with E-state index >= 15 is 0 Å². The van der Waals surface area contributed by atoms with E-state index in [1.54, 1.807) is 0 Å². The minimum Gasteiger partial charge on any atom is -0.394 e. The zero-order chi connectivity index (χ0) is 11.3. The van der Waals surface area contributed by atoms with Crippen molar-refractivity contribution < 1.29 is 14.2 Å². The normalized spacial score (nSPS) is 10.9. The number of aromatic nitrogens is 2. The van der Waals surface area contributed by atoms with Gasteiger partial charge in [-0.15, -0.1) is 0 Å². The van der Waals surface area contributed by atoms with Gasteiger partial charge in [-0.25, -0.2) is 9.07 Å². The molecule has 0 spiro atoms. The molecule has 0 aromatic carbocycles. The van der Waals surface area contributed by atoms with Crippen LogP contribution in [0.2, 0.25) is 0 Å². The molecule has 3 N–H and O–H groups in total. The van der Waals surface area contributed by atoms with Gasteiger partial charge in [-0.1, -0.05) is 0 Å². The lowest BCUT2D eigenvalue weighted by molar-refractivity contribution is 0.149. The number of rotatable bonds is 6. The van der Waals surface area contributed by atoms with Gasteiger partial charge < -0.3 is 15.6 Å². The summed E-state index contributed by atoms with van der Waals surface area (Å²) >= 11 is 0. The van der Waals surface area contributed by atoms with E-state index in [1.165, 1.54) is 4.68 Å². The highest BCUT2D eigenvalue weighted by atomic mass is 19.1. The Morgan fingerprint density at radius 2 is 2.33 bits per heavy atom. The molecule has 0 aliphatic carbocycles. The Labute approximate surface area is 87.6 Å². The second-order valence-electron chi connectivity index (χ2n) is 3.04. The van der Waals surface area contributed by atoms with Crippen LogP contribution in [0.1, 0.15) is 12.6 Å². The summed E-state index contributed by atoms with van der Waals surface area (Å²) in [6.45, 7) is 2.97. The average Bonchev–Trinajstić information content (AvgIpc) is 2.48. The molecular weight excluding hydrogens is 201 g/mol. The van der Waals surface area contributed by atoms with Crippen molar-refractivity contribution in [3.63, 3.8) is 0 Å². The second kappa shape index (κ2) is 5.67. The predicted octanol–water partition coefficient (Wildman–Crippen LogP) is 0.176. The van der Waals surface area contributed by atoms with Crippen molar-refractivity contribution >= 4 is 5.82 Å². The highest BCUT2D eigenvalue weighted by Crippen LogP contribution is 2.14. The molecule has 0 bridgehead atoms. The van der Waals surface area contributed by atoms with Crippen LogP contribution in [0.15, 0.2) is 0 Å². The number of nitrogen functional groups attached to an aromatic ring is 1. The first-order valence-corrected chi connectivity index (χ1v) is 4.90. The Balaban J connectivity index is 2.67. The number of anilines is 1. The lowest BCUT2D eigenvalue weighted by Gasteiger charge is -1.98. The van der Waals surface area contributed by atoms with Crippen LogP contribution in [-0.4, -0.2) is 34.7 Å². The van der Waals surface area contributed by atoms with E-state index in [9.17, 15) is 4.39 Å². The van der Waals surface area contributed by atoms with Crippen LogP contribution < -0.4 is 5.73 Å². The standard InChI is InChI=1S/C9H16FN3O2/c1-2-15-6-3-7-8(10)9(11)13(12-7)4-5-14/h14H,2-6,11H2,1H3. The summed E-state index contributed by atoms with van der Waals surface area (Å²) in [6.07, 6.45) is 0.391. The smallest absolute Gasteiger partial charge is 0.188 e. The van der Waals surface area contributed by atoms with Gasteiger partial charge in [0.05, 0.1) is 19.8 Å². The topological polar surface area (TPSA) is 73.3 Å². The van der Waals surface area contributed by atoms with Crippen molar-refractivity contribution in [2.45, 2.75) is 19.9 Å². The van der Waals surface area contributed by atoms with Gasteiger partial charge in [0.2, 0.25) is 0 Å². The molecule has 0 amide bonds. The van der Waals surface area contributed by atoms with E-state index in [-0.39, 0.29) is 24.7 Å². The first-order valence-electron chi connectivity index (χ1n) is 4.90. The van der Waals surface area contributed by atoms with E-state index < -0.39 is 5.82 Å². The lowest BCUT2D eigenvalue weighted by atomic mass is 10.3. The summed E-state index contributed by atoms with van der Waals surface area (Å²) in [5, 5.41) is 12.6. The number of nitrogens with zero attached hydrogens (tertiary/aromatic N) is 2. The van der Waals surface area contributed by atoms with Gasteiger partial charge in [0, 0.05) is 13.0 Å². The quantitative estimate of drug-likeness (QED) is 0.666. The van der Waals surface area contributed by atoms with Crippen molar-refractivity contribution in [1.29, 1.82) is 0 Å². The van der Waals surface area contributed by atoms with Crippen LogP contribution in [-0.2, 0) is 17.7 Å². The SMILES string of the molecule is CCOCCc1nn(CCO)c(N)c1F. The highest BCUT2D eigenvalue weighted by molar-refractivity contribution is 5.33. The van der Waals surface area contributed by atoms with Crippen molar-refractivity contribution in [2.24, 2.45) is 0 Å². The van der Waals surface area contributed by atoms with E-state index in [0.717, 1.165) is 0 Å². The lowest BCUT2D eigenvalue weighted by Crippen LogP contribution is -2.08. The minimum absolute atomic E-state index is 0.0319. The monoisotopic (exact) mass is 217 g/mol. The van der Waals surface area contributed by atoms with Crippen LogP contribution in [0.25, 0.3) is 0 Å². The van der Waals surface area contributed by atoms with E-state index in [4.69, 9.17) is 15.6 Å². The number of hydrogen-bond acceptors (Lipinski definition) is 4. The van der Waals surface area contributed by atoms with Gasteiger partial charge in [0.25, 0.3) is 0 Å². The number of aliphatic hydroxyl groups excluding tert-OH is 1. The van der Waals surface area contributed by atoms with E-state index in [1.807, 2.05) is 6.92 Å². The van der Waals surface area contributed by atoms with Gasteiger partial charge in [-0.05, 0) is 6.92 Å². The Kier molecular flexibility index (Phi) is 4.51. The average molecular weight is 217 g/mol. The number of nitrogens with two attached hydrogens (primary N) is 1. The zero-order valence-corrected chi connectivity index (χ0v) is 8.74.